The Hall–Kier alpha value is -2.25. The van der Waals surface area contributed by atoms with Gasteiger partial charge in [0.15, 0.2) is 0 Å². The van der Waals surface area contributed by atoms with E-state index in [0.29, 0.717) is 13.1 Å². The van der Waals surface area contributed by atoms with Crippen LogP contribution in [0.4, 0.5) is 18.0 Å². The fourth-order valence-corrected chi connectivity index (χ4v) is 2.69. The van der Waals surface area contributed by atoms with Crippen molar-refractivity contribution in [2.45, 2.75) is 39.0 Å². The van der Waals surface area contributed by atoms with E-state index in [4.69, 9.17) is 4.74 Å². The zero-order valence-electron chi connectivity index (χ0n) is 15.1. The van der Waals surface area contributed by atoms with Gasteiger partial charge in [0.25, 0.3) is 0 Å². The quantitative estimate of drug-likeness (QED) is 0.800. The minimum absolute atomic E-state index is 0.0421. The Morgan fingerprint density at radius 1 is 1.00 bits per heavy atom. The van der Waals surface area contributed by atoms with E-state index in [2.05, 4.69) is 0 Å². The van der Waals surface area contributed by atoms with Crippen molar-refractivity contribution in [1.82, 2.24) is 9.80 Å². The Bertz CT molecular complexity index is 660. The largest absolute Gasteiger partial charge is 0.444 e. The highest BCUT2D eigenvalue weighted by atomic mass is 19.4. The molecule has 26 heavy (non-hydrogen) atoms. The average Bonchev–Trinajstić information content (AvgIpc) is 2.53. The zero-order chi connectivity index (χ0) is 19.5. The highest BCUT2D eigenvalue weighted by molar-refractivity contribution is 5.79. The molecule has 0 atom stereocenters. The zero-order valence-corrected chi connectivity index (χ0v) is 15.1. The second-order valence-corrected chi connectivity index (χ2v) is 7.18. The van der Waals surface area contributed by atoms with Gasteiger partial charge in [0.1, 0.15) is 5.60 Å². The third-order valence-electron chi connectivity index (χ3n) is 3.95. The first-order valence-electron chi connectivity index (χ1n) is 8.38. The van der Waals surface area contributed by atoms with Crippen molar-refractivity contribution >= 4 is 12.0 Å². The first kappa shape index (κ1) is 20.1. The Labute approximate surface area is 150 Å². The molecule has 1 aliphatic rings. The fourth-order valence-electron chi connectivity index (χ4n) is 2.69. The Balaban J connectivity index is 1.95. The number of rotatable bonds is 2. The molecule has 1 aliphatic heterocycles. The Kier molecular flexibility index (Phi) is 5.83. The van der Waals surface area contributed by atoms with E-state index in [1.54, 1.807) is 20.8 Å². The summed E-state index contributed by atoms with van der Waals surface area (Å²) in [7, 11) is 0. The van der Waals surface area contributed by atoms with Gasteiger partial charge in [-0.25, -0.2) is 4.79 Å². The number of carbonyl (C=O) groups excluding carboxylic acids is 2. The van der Waals surface area contributed by atoms with Crippen molar-refractivity contribution in [3.63, 3.8) is 0 Å². The molecule has 0 aliphatic carbocycles. The highest BCUT2D eigenvalue weighted by Gasteiger charge is 2.34. The SMILES string of the molecule is CC(C)(C)OC(=O)N1CCN(C(=O)Cc2ccccc2C(F)(F)F)CC1. The fraction of sp³-hybridized carbons (Fsp3) is 0.556. The number of piperazine rings is 1. The second kappa shape index (κ2) is 7.55. The number of hydrogen-bond donors (Lipinski definition) is 0. The van der Waals surface area contributed by atoms with Crippen LogP contribution in [0, 0.1) is 0 Å². The normalized spacial score (nSPS) is 15.8. The monoisotopic (exact) mass is 372 g/mol. The number of nitrogens with zero attached hydrogens (tertiary/aromatic N) is 2. The molecule has 0 aromatic heterocycles. The number of benzene rings is 1. The maximum absolute atomic E-state index is 13.0. The molecule has 0 bridgehead atoms. The smallest absolute Gasteiger partial charge is 0.416 e. The number of halogens is 3. The van der Waals surface area contributed by atoms with Crippen LogP contribution in [0.5, 0.6) is 0 Å². The van der Waals surface area contributed by atoms with Gasteiger partial charge in [-0.3, -0.25) is 4.79 Å². The van der Waals surface area contributed by atoms with E-state index in [-0.39, 0.29) is 31.0 Å². The molecule has 0 unspecified atom stereocenters. The molecule has 1 aromatic carbocycles. The van der Waals surface area contributed by atoms with Crippen LogP contribution >= 0.6 is 0 Å². The summed E-state index contributed by atoms with van der Waals surface area (Å²) in [5.41, 5.74) is -1.44. The van der Waals surface area contributed by atoms with Crippen molar-refractivity contribution in [2.24, 2.45) is 0 Å². The molecule has 0 saturated carbocycles. The third-order valence-corrected chi connectivity index (χ3v) is 3.95. The van der Waals surface area contributed by atoms with Crippen molar-refractivity contribution in [3.8, 4) is 0 Å². The molecule has 0 N–H and O–H groups in total. The maximum atomic E-state index is 13.0. The summed E-state index contributed by atoms with van der Waals surface area (Å²) in [5.74, 6) is -0.384. The molecular weight excluding hydrogens is 349 g/mol. The molecule has 1 fully saturated rings. The minimum Gasteiger partial charge on any atom is -0.444 e. The lowest BCUT2D eigenvalue weighted by Gasteiger charge is -2.35. The average molecular weight is 372 g/mol. The lowest BCUT2D eigenvalue weighted by atomic mass is 10.0. The number of amides is 2. The Morgan fingerprint density at radius 3 is 2.08 bits per heavy atom. The van der Waals surface area contributed by atoms with E-state index in [0.717, 1.165) is 6.07 Å². The van der Waals surface area contributed by atoms with E-state index >= 15 is 0 Å². The van der Waals surface area contributed by atoms with Crippen LogP contribution in [0.3, 0.4) is 0 Å². The van der Waals surface area contributed by atoms with Crippen molar-refractivity contribution < 1.29 is 27.5 Å². The summed E-state index contributed by atoms with van der Waals surface area (Å²) in [6.45, 7) is 6.43. The van der Waals surface area contributed by atoms with E-state index in [1.165, 1.54) is 28.0 Å². The van der Waals surface area contributed by atoms with Crippen molar-refractivity contribution in [3.05, 3.63) is 35.4 Å². The highest BCUT2D eigenvalue weighted by Crippen LogP contribution is 2.32. The lowest BCUT2D eigenvalue weighted by molar-refractivity contribution is -0.139. The molecule has 0 radical (unpaired) electrons. The third kappa shape index (κ3) is 5.37. The summed E-state index contributed by atoms with van der Waals surface area (Å²) in [4.78, 5) is 27.4. The topological polar surface area (TPSA) is 49.9 Å². The molecule has 5 nitrogen and oxygen atoms in total. The summed E-state index contributed by atoms with van der Waals surface area (Å²) >= 11 is 0. The van der Waals surface area contributed by atoms with Gasteiger partial charge >= 0.3 is 12.3 Å². The predicted molar refractivity (Wildman–Crippen MR) is 89.5 cm³/mol. The minimum atomic E-state index is -4.49. The molecule has 2 amide bonds. The van der Waals surface area contributed by atoms with Gasteiger partial charge in [0.2, 0.25) is 5.91 Å². The molecule has 2 rings (SSSR count). The molecule has 1 aromatic rings. The van der Waals surface area contributed by atoms with Crippen molar-refractivity contribution in [1.29, 1.82) is 0 Å². The lowest BCUT2D eigenvalue weighted by Crippen LogP contribution is -2.52. The molecule has 8 heteroatoms. The summed E-state index contributed by atoms with van der Waals surface area (Å²) in [5, 5.41) is 0. The van der Waals surface area contributed by atoms with Crippen LogP contribution in [0.25, 0.3) is 0 Å². The van der Waals surface area contributed by atoms with Crippen LogP contribution in [0.1, 0.15) is 31.9 Å². The van der Waals surface area contributed by atoms with Crippen LogP contribution in [-0.2, 0) is 22.1 Å². The standard InChI is InChI=1S/C18H23F3N2O3/c1-17(2,3)26-16(25)23-10-8-22(9-11-23)15(24)12-13-6-4-5-7-14(13)18(19,20)21/h4-7H,8-12H2,1-3H3. The van der Waals surface area contributed by atoms with Gasteiger partial charge < -0.3 is 14.5 Å². The molecule has 144 valence electrons. The Morgan fingerprint density at radius 2 is 1.54 bits per heavy atom. The van der Waals surface area contributed by atoms with Gasteiger partial charge in [-0.15, -0.1) is 0 Å². The van der Waals surface area contributed by atoms with Crippen molar-refractivity contribution in [2.75, 3.05) is 26.2 Å². The summed E-state index contributed by atoms with van der Waals surface area (Å²) in [6, 6.07) is 5.08. The van der Waals surface area contributed by atoms with Gasteiger partial charge in [0.05, 0.1) is 12.0 Å². The predicted octanol–water partition coefficient (Wildman–Crippen LogP) is 3.33. The first-order chi connectivity index (χ1) is 12.0. The van der Waals surface area contributed by atoms with E-state index in [1.807, 2.05) is 0 Å². The van der Waals surface area contributed by atoms with Gasteiger partial charge in [-0.05, 0) is 32.4 Å². The maximum Gasteiger partial charge on any atom is 0.416 e. The number of ether oxygens (including phenoxy) is 1. The molecular formula is C18H23F3N2O3. The van der Waals surface area contributed by atoms with Gasteiger partial charge in [-0.1, -0.05) is 18.2 Å². The van der Waals surface area contributed by atoms with Gasteiger partial charge in [-0.2, -0.15) is 13.2 Å². The van der Waals surface area contributed by atoms with Gasteiger partial charge in [0, 0.05) is 26.2 Å². The molecule has 1 saturated heterocycles. The van der Waals surface area contributed by atoms with Crippen LogP contribution in [0.2, 0.25) is 0 Å². The molecule has 0 spiro atoms. The van der Waals surface area contributed by atoms with E-state index < -0.39 is 23.4 Å². The van der Waals surface area contributed by atoms with Crippen LogP contribution in [-0.4, -0.2) is 53.6 Å². The number of carbonyl (C=O) groups is 2. The first-order valence-corrected chi connectivity index (χ1v) is 8.38. The van der Waals surface area contributed by atoms with Crippen LogP contribution < -0.4 is 0 Å². The second-order valence-electron chi connectivity index (χ2n) is 7.18. The number of hydrogen-bond acceptors (Lipinski definition) is 3. The summed E-state index contributed by atoms with van der Waals surface area (Å²) < 4.78 is 44.4. The van der Waals surface area contributed by atoms with E-state index in [9.17, 15) is 22.8 Å². The number of alkyl halides is 3. The summed E-state index contributed by atoms with van der Waals surface area (Å²) in [6.07, 6.45) is -5.26. The molecule has 1 heterocycles. The van der Waals surface area contributed by atoms with Crippen LogP contribution in [0.15, 0.2) is 24.3 Å².